The fraction of sp³-hybridized carbons (Fsp3) is 0.833. The molecule has 0 amide bonds. The van der Waals surface area contributed by atoms with E-state index in [1.54, 1.807) is 0 Å². The van der Waals surface area contributed by atoms with Crippen molar-refractivity contribution in [2.75, 3.05) is 12.7 Å². The molecule has 0 radical (unpaired) electrons. The van der Waals surface area contributed by atoms with Gasteiger partial charge in [0.15, 0.2) is 0 Å². The molecule has 2 N–H and O–H groups in total. The summed E-state index contributed by atoms with van der Waals surface area (Å²) < 4.78 is 1.53. The Morgan fingerprint density at radius 3 is 1.84 bits per heavy atom. The Kier molecular flexibility index (Phi) is 8.09. The molecule has 6 nitrogen and oxygen atoms in total. The van der Waals surface area contributed by atoms with E-state index < -0.39 is 7.87 Å². The molecule has 0 aliphatic heterocycles. The monoisotopic (exact) mass is 288 g/mol. The summed E-state index contributed by atoms with van der Waals surface area (Å²) in [6, 6.07) is 4.14. The molecule has 0 rings (SSSR count). The van der Waals surface area contributed by atoms with Crippen LogP contribution in [0.25, 0.3) is 0 Å². The second-order valence-electron chi connectivity index (χ2n) is 5.03. The Morgan fingerprint density at radius 1 is 1.00 bits per heavy atom. The standard InChI is InChI=1S/C12H25N4O2P/c1-11(2)16(12(3)4)15(9-5-7-13)19(17,18)10-6-8-14/h11-12,17-19H,5-6,9-10H2,1-4H3. The van der Waals surface area contributed by atoms with Gasteiger partial charge in [0.05, 0.1) is 0 Å². The summed E-state index contributed by atoms with van der Waals surface area (Å²) in [4.78, 5) is 20.6. The average Bonchev–Trinajstić information content (AvgIpc) is 2.30. The molecule has 0 aliphatic rings. The molecular weight excluding hydrogens is 263 g/mol. The van der Waals surface area contributed by atoms with Gasteiger partial charge in [0.1, 0.15) is 0 Å². The van der Waals surface area contributed by atoms with Gasteiger partial charge in [-0.05, 0) is 0 Å². The fourth-order valence-corrected chi connectivity index (χ4v) is 4.15. The molecule has 0 unspecified atom stereocenters. The third-order valence-corrected chi connectivity index (χ3v) is 4.96. The van der Waals surface area contributed by atoms with E-state index in [9.17, 15) is 9.79 Å². The van der Waals surface area contributed by atoms with Gasteiger partial charge in [-0.15, -0.1) is 0 Å². The Labute approximate surface area is 116 Å². The quantitative estimate of drug-likeness (QED) is 0.520. The topological polar surface area (TPSA) is 94.5 Å². The molecule has 0 aliphatic carbocycles. The van der Waals surface area contributed by atoms with Crippen molar-refractivity contribution in [2.24, 2.45) is 0 Å². The average molecular weight is 288 g/mol. The summed E-state index contributed by atoms with van der Waals surface area (Å²) in [7, 11) is -3.69. The molecule has 0 atom stereocenters. The van der Waals surface area contributed by atoms with Crippen LogP contribution in [0.15, 0.2) is 0 Å². The Morgan fingerprint density at radius 2 is 1.47 bits per heavy atom. The van der Waals surface area contributed by atoms with Crippen LogP contribution in [-0.2, 0) is 0 Å². The normalized spacial score (nSPS) is 13.1. The van der Waals surface area contributed by atoms with E-state index in [1.807, 2.05) is 44.8 Å². The van der Waals surface area contributed by atoms with E-state index >= 15 is 0 Å². The van der Waals surface area contributed by atoms with Crippen LogP contribution in [0.1, 0.15) is 40.5 Å². The van der Waals surface area contributed by atoms with E-state index in [1.165, 1.54) is 4.78 Å². The van der Waals surface area contributed by atoms with Crippen LogP contribution in [0.2, 0.25) is 0 Å². The van der Waals surface area contributed by atoms with Crippen molar-refractivity contribution < 1.29 is 9.79 Å². The SMILES string of the molecule is CC(C)N(C(C)C)N(CCC#N)[PH](O)(O)CCC#N. The number of nitriles is 2. The Hall–Kier alpha value is -0.750. The first-order valence-electron chi connectivity index (χ1n) is 6.52. The van der Waals surface area contributed by atoms with Crippen molar-refractivity contribution in [3.05, 3.63) is 0 Å². The number of nitrogens with zero attached hydrogens (tertiary/aromatic N) is 4. The Balaban J connectivity index is 5.17. The van der Waals surface area contributed by atoms with Gasteiger partial charge >= 0.3 is 115 Å². The number of hydrazine groups is 1. The molecule has 110 valence electrons. The molecule has 19 heavy (non-hydrogen) atoms. The zero-order valence-electron chi connectivity index (χ0n) is 12.2. The molecule has 0 aromatic carbocycles. The van der Waals surface area contributed by atoms with Crippen molar-refractivity contribution in [1.82, 2.24) is 9.79 Å². The second-order valence-corrected chi connectivity index (χ2v) is 7.60. The summed E-state index contributed by atoms with van der Waals surface area (Å²) in [6.45, 7) is 8.14. The number of hydrogen-bond donors (Lipinski definition) is 2. The first kappa shape index (κ1) is 18.2. The molecule has 0 aromatic rings. The predicted molar refractivity (Wildman–Crippen MR) is 76.9 cm³/mol. The van der Waals surface area contributed by atoms with Crippen molar-refractivity contribution in [1.29, 1.82) is 10.5 Å². The first-order chi connectivity index (χ1) is 8.77. The second kappa shape index (κ2) is 8.43. The summed E-state index contributed by atoms with van der Waals surface area (Å²) in [5, 5.41) is 19.2. The molecule has 0 aromatic heterocycles. The van der Waals surface area contributed by atoms with Crippen molar-refractivity contribution >= 4 is 7.87 Å². The molecule has 0 fully saturated rings. The predicted octanol–water partition coefficient (Wildman–Crippen LogP) is 1.63. The molecule has 0 bridgehead atoms. The Bertz CT molecular complexity index is 339. The number of hydrogen-bond acceptors (Lipinski definition) is 6. The van der Waals surface area contributed by atoms with Crippen LogP contribution in [0.5, 0.6) is 0 Å². The van der Waals surface area contributed by atoms with Crippen molar-refractivity contribution in [3.63, 3.8) is 0 Å². The minimum absolute atomic E-state index is 0.0604. The van der Waals surface area contributed by atoms with E-state index in [0.29, 0.717) is 0 Å². The number of rotatable bonds is 8. The van der Waals surface area contributed by atoms with Gasteiger partial charge in [0.2, 0.25) is 0 Å². The van der Waals surface area contributed by atoms with Gasteiger partial charge in [-0.3, -0.25) is 0 Å². The third-order valence-electron chi connectivity index (χ3n) is 2.76. The van der Waals surface area contributed by atoms with Gasteiger partial charge in [0, 0.05) is 0 Å². The minimum atomic E-state index is -3.69. The molecule has 0 spiro atoms. The summed E-state index contributed by atoms with van der Waals surface area (Å²) >= 11 is 0. The van der Waals surface area contributed by atoms with Crippen LogP contribution in [-0.4, -0.2) is 44.4 Å². The summed E-state index contributed by atoms with van der Waals surface area (Å²) in [5.74, 6) is 0. The maximum absolute atomic E-state index is 10.3. The fourth-order valence-electron chi connectivity index (χ4n) is 2.14. The van der Waals surface area contributed by atoms with Crippen LogP contribution < -0.4 is 0 Å². The third kappa shape index (κ3) is 5.82. The molecule has 0 heterocycles. The van der Waals surface area contributed by atoms with E-state index in [2.05, 4.69) is 0 Å². The van der Waals surface area contributed by atoms with Gasteiger partial charge in [-0.25, -0.2) is 0 Å². The zero-order valence-corrected chi connectivity index (χ0v) is 13.2. The molecule has 0 saturated heterocycles. The summed E-state index contributed by atoms with van der Waals surface area (Å²) in [5.41, 5.74) is 0. The van der Waals surface area contributed by atoms with E-state index in [4.69, 9.17) is 10.5 Å². The van der Waals surface area contributed by atoms with Crippen LogP contribution in [0, 0.1) is 22.7 Å². The van der Waals surface area contributed by atoms with E-state index in [0.717, 1.165) is 0 Å². The first-order valence-corrected chi connectivity index (χ1v) is 8.57. The molecular formula is C12H25N4O2P. The van der Waals surface area contributed by atoms with Gasteiger partial charge in [-0.1, -0.05) is 0 Å². The van der Waals surface area contributed by atoms with Gasteiger partial charge in [-0.2, -0.15) is 0 Å². The van der Waals surface area contributed by atoms with Gasteiger partial charge in [0.25, 0.3) is 0 Å². The van der Waals surface area contributed by atoms with Crippen molar-refractivity contribution in [2.45, 2.75) is 52.6 Å². The van der Waals surface area contributed by atoms with Gasteiger partial charge < -0.3 is 0 Å². The molecule has 0 saturated carbocycles. The molecule has 7 heteroatoms. The summed E-state index contributed by atoms with van der Waals surface area (Å²) in [6.07, 6.45) is 0.384. The van der Waals surface area contributed by atoms with E-state index in [-0.39, 0.29) is 37.6 Å². The van der Waals surface area contributed by atoms with Crippen LogP contribution >= 0.6 is 7.87 Å². The van der Waals surface area contributed by atoms with Crippen molar-refractivity contribution in [3.8, 4) is 12.1 Å². The maximum atomic E-state index is 10.3. The van der Waals surface area contributed by atoms with Crippen LogP contribution in [0.4, 0.5) is 0 Å². The zero-order chi connectivity index (χ0) is 15.1. The van der Waals surface area contributed by atoms with Crippen LogP contribution in [0.3, 0.4) is 0 Å².